The Balaban J connectivity index is 1.70. The van der Waals surface area contributed by atoms with Gasteiger partial charge in [0.2, 0.25) is 0 Å². The lowest BCUT2D eigenvalue weighted by molar-refractivity contribution is 0.102. The van der Waals surface area contributed by atoms with Crippen LogP contribution in [0, 0.1) is 6.92 Å². The number of benzene rings is 1. The number of nitrogens with zero attached hydrogens (tertiary/aromatic N) is 2. The van der Waals surface area contributed by atoms with Crippen molar-refractivity contribution in [2.24, 2.45) is 0 Å². The average molecular weight is 312 g/mol. The number of aromatic hydroxyl groups is 1. The van der Waals surface area contributed by atoms with E-state index in [4.69, 9.17) is 0 Å². The lowest BCUT2D eigenvalue weighted by Crippen LogP contribution is -2.43. The zero-order chi connectivity index (χ0) is 16.2. The van der Waals surface area contributed by atoms with Gasteiger partial charge in [0, 0.05) is 26.2 Å². The third-order valence-corrected chi connectivity index (χ3v) is 3.87. The molecule has 1 amide bonds. The molecule has 6 heteroatoms. The molecular weight excluding hydrogens is 292 g/mol. The summed E-state index contributed by atoms with van der Waals surface area (Å²) in [5.41, 5.74) is 2.20. The minimum absolute atomic E-state index is 0.0365. The summed E-state index contributed by atoms with van der Waals surface area (Å²) in [6, 6.07) is 8.66. The van der Waals surface area contributed by atoms with Crippen molar-refractivity contribution >= 4 is 17.4 Å². The van der Waals surface area contributed by atoms with Gasteiger partial charge in [0.05, 0.1) is 17.4 Å². The maximum absolute atomic E-state index is 12.2. The van der Waals surface area contributed by atoms with Crippen molar-refractivity contribution in [2.45, 2.75) is 6.92 Å². The standard InChI is InChI=1S/C17H20N4O2/c1-12-2-4-15(22)14(10-12)17(23)20-16-5-3-13(11-19-16)21-8-6-18-7-9-21/h2-5,10-11,18,22H,6-9H2,1H3,(H,19,20,23). The molecule has 1 saturated heterocycles. The SMILES string of the molecule is Cc1ccc(O)c(C(=O)Nc2ccc(N3CCNCC3)cn2)c1. The number of hydrogen-bond acceptors (Lipinski definition) is 5. The molecule has 1 aliphatic heterocycles. The second-order valence-corrected chi connectivity index (χ2v) is 5.61. The van der Waals surface area contributed by atoms with Crippen molar-refractivity contribution in [3.63, 3.8) is 0 Å². The van der Waals surface area contributed by atoms with Gasteiger partial charge in [-0.1, -0.05) is 11.6 Å². The molecule has 0 radical (unpaired) electrons. The molecule has 1 aliphatic rings. The molecule has 0 unspecified atom stereocenters. The summed E-state index contributed by atoms with van der Waals surface area (Å²) in [5.74, 6) is 0.0638. The van der Waals surface area contributed by atoms with E-state index in [9.17, 15) is 9.90 Å². The first-order valence-electron chi connectivity index (χ1n) is 7.66. The predicted octanol–water partition coefficient (Wildman–Crippen LogP) is 1.76. The summed E-state index contributed by atoms with van der Waals surface area (Å²) < 4.78 is 0. The fraction of sp³-hybridized carbons (Fsp3) is 0.294. The lowest BCUT2D eigenvalue weighted by atomic mass is 10.1. The average Bonchev–Trinajstić information content (AvgIpc) is 2.58. The first kappa shape index (κ1) is 15.3. The van der Waals surface area contributed by atoms with E-state index >= 15 is 0 Å². The third-order valence-electron chi connectivity index (χ3n) is 3.87. The quantitative estimate of drug-likeness (QED) is 0.805. The van der Waals surface area contributed by atoms with Crippen molar-refractivity contribution in [3.8, 4) is 5.75 Å². The van der Waals surface area contributed by atoms with E-state index in [0.29, 0.717) is 5.82 Å². The molecule has 1 aromatic heterocycles. The predicted molar refractivity (Wildman–Crippen MR) is 90.1 cm³/mol. The Labute approximate surface area is 135 Å². The largest absolute Gasteiger partial charge is 0.507 e. The summed E-state index contributed by atoms with van der Waals surface area (Å²) >= 11 is 0. The van der Waals surface area contributed by atoms with E-state index in [1.54, 1.807) is 24.4 Å². The highest BCUT2D eigenvalue weighted by molar-refractivity contribution is 6.05. The zero-order valence-electron chi connectivity index (χ0n) is 13.0. The van der Waals surface area contributed by atoms with Gasteiger partial charge in [-0.3, -0.25) is 4.79 Å². The number of pyridine rings is 1. The molecule has 1 aromatic carbocycles. The maximum Gasteiger partial charge on any atom is 0.260 e. The van der Waals surface area contributed by atoms with Gasteiger partial charge in [-0.05, 0) is 31.2 Å². The molecule has 0 bridgehead atoms. The van der Waals surface area contributed by atoms with Crippen LogP contribution >= 0.6 is 0 Å². The van der Waals surface area contributed by atoms with Crippen LogP contribution in [0.5, 0.6) is 5.75 Å². The number of anilines is 2. The number of aromatic nitrogens is 1. The van der Waals surface area contributed by atoms with Crippen molar-refractivity contribution < 1.29 is 9.90 Å². The number of carbonyl (C=O) groups is 1. The van der Waals surface area contributed by atoms with E-state index in [2.05, 4.69) is 20.5 Å². The monoisotopic (exact) mass is 312 g/mol. The van der Waals surface area contributed by atoms with Gasteiger partial charge >= 0.3 is 0 Å². The summed E-state index contributed by atoms with van der Waals surface area (Å²) in [5, 5.41) is 15.8. The van der Waals surface area contributed by atoms with Crippen LogP contribution in [0.2, 0.25) is 0 Å². The summed E-state index contributed by atoms with van der Waals surface area (Å²) in [7, 11) is 0. The van der Waals surface area contributed by atoms with Crippen molar-refractivity contribution in [2.75, 3.05) is 36.4 Å². The van der Waals surface area contributed by atoms with Crippen LogP contribution < -0.4 is 15.5 Å². The van der Waals surface area contributed by atoms with Crippen molar-refractivity contribution in [3.05, 3.63) is 47.7 Å². The molecule has 6 nitrogen and oxygen atoms in total. The molecule has 0 aliphatic carbocycles. The highest BCUT2D eigenvalue weighted by Crippen LogP contribution is 2.20. The number of nitrogens with one attached hydrogen (secondary N) is 2. The smallest absolute Gasteiger partial charge is 0.260 e. The van der Waals surface area contributed by atoms with Crippen molar-refractivity contribution in [1.82, 2.24) is 10.3 Å². The molecule has 1 fully saturated rings. The van der Waals surface area contributed by atoms with Crippen LogP contribution in [-0.4, -0.2) is 42.2 Å². The molecular formula is C17H20N4O2. The lowest BCUT2D eigenvalue weighted by Gasteiger charge is -2.29. The molecule has 120 valence electrons. The van der Waals surface area contributed by atoms with E-state index < -0.39 is 0 Å². The maximum atomic E-state index is 12.2. The molecule has 23 heavy (non-hydrogen) atoms. The van der Waals surface area contributed by atoms with Crippen LogP contribution in [-0.2, 0) is 0 Å². The fourth-order valence-corrected chi connectivity index (χ4v) is 2.59. The van der Waals surface area contributed by atoms with Crippen LogP contribution in [0.25, 0.3) is 0 Å². The first-order chi connectivity index (χ1) is 11.1. The summed E-state index contributed by atoms with van der Waals surface area (Å²) in [6.07, 6.45) is 1.76. The highest BCUT2D eigenvalue weighted by atomic mass is 16.3. The molecule has 3 N–H and O–H groups in total. The molecule has 0 atom stereocenters. The number of phenols is 1. The van der Waals surface area contributed by atoms with Crippen LogP contribution in [0.1, 0.15) is 15.9 Å². The molecule has 0 spiro atoms. The van der Waals surface area contributed by atoms with Crippen LogP contribution in [0.4, 0.5) is 11.5 Å². The first-order valence-corrected chi connectivity index (χ1v) is 7.66. The minimum atomic E-state index is -0.367. The van der Waals surface area contributed by atoms with Gasteiger partial charge in [0.1, 0.15) is 11.6 Å². The van der Waals surface area contributed by atoms with Crippen LogP contribution in [0.3, 0.4) is 0 Å². The van der Waals surface area contributed by atoms with Gasteiger partial charge in [0.25, 0.3) is 5.91 Å². The number of carbonyl (C=O) groups excluding carboxylic acids is 1. The number of amides is 1. The Morgan fingerprint density at radius 2 is 2.04 bits per heavy atom. The van der Waals surface area contributed by atoms with E-state index in [1.165, 1.54) is 6.07 Å². The highest BCUT2D eigenvalue weighted by Gasteiger charge is 2.13. The number of aryl methyl sites for hydroxylation is 1. The van der Waals surface area contributed by atoms with E-state index in [0.717, 1.165) is 37.4 Å². The molecule has 2 aromatic rings. The number of piperazine rings is 1. The Bertz CT molecular complexity index is 694. The Hall–Kier alpha value is -2.60. The summed E-state index contributed by atoms with van der Waals surface area (Å²) in [6.45, 7) is 5.70. The van der Waals surface area contributed by atoms with Crippen LogP contribution in [0.15, 0.2) is 36.5 Å². The summed E-state index contributed by atoms with van der Waals surface area (Å²) in [4.78, 5) is 18.8. The number of hydrogen-bond donors (Lipinski definition) is 3. The van der Waals surface area contributed by atoms with Gasteiger partial charge < -0.3 is 20.6 Å². The van der Waals surface area contributed by atoms with Gasteiger partial charge in [-0.25, -0.2) is 4.98 Å². The van der Waals surface area contributed by atoms with Gasteiger partial charge in [-0.15, -0.1) is 0 Å². The second kappa shape index (κ2) is 6.66. The zero-order valence-corrected chi connectivity index (χ0v) is 13.0. The molecule has 0 saturated carbocycles. The van der Waals surface area contributed by atoms with Gasteiger partial charge in [-0.2, -0.15) is 0 Å². The Morgan fingerprint density at radius 3 is 2.74 bits per heavy atom. The van der Waals surface area contributed by atoms with Gasteiger partial charge in [0.15, 0.2) is 0 Å². The molecule has 3 rings (SSSR count). The van der Waals surface area contributed by atoms with E-state index in [1.807, 2.05) is 13.0 Å². The fourth-order valence-electron chi connectivity index (χ4n) is 2.59. The second-order valence-electron chi connectivity index (χ2n) is 5.61. The minimum Gasteiger partial charge on any atom is -0.507 e. The Kier molecular flexibility index (Phi) is 4.43. The normalized spacial score (nSPS) is 14.6. The third kappa shape index (κ3) is 3.60. The van der Waals surface area contributed by atoms with E-state index in [-0.39, 0.29) is 17.2 Å². The number of rotatable bonds is 3. The Morgan fingerprint density at radius 1 is 1.26 bits per heavy atom. The van der Waals surface area contributed by atoms with Crippen molar-refractivity contribution in [1.29, 1.82) is 0 Å². The topological polar surface area (TPSA) is 77.5 Å². The number of phenolic OH excluding ortho intramolecular Hbond substituents is 1. The molecule has 2 heterocycles.